The molecule has 0 heterocycles. The quantitative estimate of drug-likeness (QED) is 0.510. The van der Waals surface area contributed by atoms with Crippen LogP contribution in [0.25, 0.3) is 0 Å². The van der Waals surface area contributed by atoms with Crippen molar-refractivity contribution >= 4 is 11.9 Å². The summed E-state index contributed by atoms with van der Waals surface area (Å²) < 4.78 is 0. The summed E-state index contributed by atoms with van der Waals surface area (Å²) in [6.07, 6.45) is 10.2. The Morgan fingerprint density at radius 1 is 1.07 bits per heavy atom. The first kappa shape index (κ1) is 19.7. The van der Waals surface area contributed by atoms with Gasteiger partial charge in [0.15, 0.2) is 5.96 Å². The number of nitrogens with one attached hydrogen (secondary N) is 3. The monoisotopic (exact) mass is 370 g/mol. The molecule has 0 radical (unpaired) electrons. The van der Waals surface area contributed by atoms with Crippen LogP contribution in [0, 0.1) is 0 Å². The molecule has 27 heavy (non-hydrogen) atoms. The van der Waals surface area contributed by atoms with E-state index >= 15 is 0 Å². The largest absolute Gasteiger partial charge is 0.356 e. The van der Waals surface area contributed by atoms with Crippen LogP contribution in [0.4, 0.5) is 0 Å². The second kappa shape index (κ2) is 9.77. The van der Waals surface area contributed by atoms with Crippen LogP contribution in [0.5, 0.6) is 0 Å². The fourth-order valence-corrected chi connectivity index (χ4v) is 4.55. The van der Waals surface area contributed by atoms with Gasteiger partial charge >= 0.3 is 0 Å². The molecule has 3 N–H and O–H groups in total. The van der Waals surface area contributed by atoms with E-state index in [0.29, 0.717) is 19.0 Å². The lowest BCUT2D eigenvalue weighted by Crippen LogP contribution is -2.45. The van der Waals surface area contributed by atoms with Gasteiger partial charge in [0.1, 0.15) is 0 Å². The number of nitrogens with zero attached hydrogens (tertiary/aromatic N) is 1. The second-order valence-corrected chi connectivity index (χ2v) is 8.00. The third-order valence-corrected chi connectivity index (χ3v) is 6.13. The van der Waals surface area contributed by atoms with Crippen LogP contribution >= 0.6 is 0 Å². The van der Waals surface area contributed by atoms with E-state index in [1.54, 1.807) is 7.05 Å². The van der Waals surface area contributed by atoms with Crippen LogP contribution in [0.1, 0.15) is 63.4 Å². The molecule has 2 fully saturated rings. The van der Waals surface area contributed by atoms with Crippen molar-refractivity contribution in [3.05, 3.63) is 35.9 Å². The summed E-state index contributed by atoms with van der Waals surface area (Å²) in [7, 11) is 1.79. The molecule has 1 amide bonds. The number of guanidine groups is 1. The highest BCUT2D eigenvalue weighted by molar-refractivity contribution is 5.81. The molecule has 0 spiro atoms. The Labute approximate surface area is 163 Å². The minimum atomic E-state index is 0.140. The van der Waals surface area contributed by atoms with Gasteiger partial charge in [-0.3, -0.25) is 9.79 Å². The molecule has 1 aromatic rings. The summed E-state index contributed by atoms with van der Waals surface area (Å²) in [5.74, 6) is 0.923. The molecule has 2 aliphatic carbocycles. The Kier molecular flexibility index (Phi) is 7.13. The van der Waals surface area contributed by atoms with Crippen molar-refractivity contribution in [3.63, 3.8) is 0 Å². The zero-order valence-electron chi connectivity index (χ0n) is 16.6. The van der Waals surface area contributed by atoms with Gasteiger partial charge in [-0.1, -0.05) is 56.0 Å². The van der Waals surface area contributed by atoms with Crippen molar-refractivity contribution in [2.75, 3.05) is 20.1 Å². The molecule has 3 rings (SSSR count). The van der Waals surface area contributed by atoms with Crippen LogP contribution < -0.4 is 16.0 Å². The Balaban J connectivity index is 1.45. The lowest BCUT2D eigenvalue weighted by molar-refractivity contribution is -0.121. The fourth-order valence-electron chi connectivity index (χ4n) is 4.55. The van der Waals surface area contributed by atoms with Gasteiger partial charge in [-0.25, -0.2) is 0 Å². The SMILES string of the molecule is CN=C(NCCC(=O)NC1CCCC1)NCC1(c2ccccc2)CCCC1. The molecule has 5 heteroatoms. The van der Waals surface area contributed by atoms with E-state index < -0.39 is 0 Å². The summed E-state index contributed by atoms with van der Waals surface area (Å²) in [6.45, 7) is 1.49. The van der Waals surface area contributed by atoms with Crippen molar-refractivity contribution in [2.24, 2.45) is 4.99 Å². The second-order valence-electron chi connectivity index (χ2n) is 8.00. The predicted octanol–water partition coefficient (Wildman–Crippen LogP) is 3.11. The van der Waals surface area contributed by atoms with Gasteiger partial charge in [-0.15, -0.1) is 0 Å². The molecule has 0 unspecified atom stereocenters. The van der Waals surface area contributed by atoms with E-state index in [0.717, 1.165) is 25.3 Å². The molecule has 0 aliphatic heterocycles. The van der Waals surface area contributed by atoms with E-state index in [9.17, 15) is 4.79 Å². The standard InChI is InChI=1S/C22H34N4O/c1-23-21(24-16-13-20(27)26-19-11-5-6-12-19)25-17-22(14-7-8-15-22)18-9-3-2-4-10-18/h2-4,9-10,19H,5-8,11-17H2,1H3,(H,26,27)(H2,23,24,25). The Morgan fingerprint density at radius 2 is 1.78 bits per heavy atom. The highest BCUT2D eigenvalue weighted by Crippen LogP contribution is 2.40. The van der Waals surface area contributed by atoms with Crippen LogP contribution in [0.3, 0.4) is 0 Å². The smallest absolute Gasteiger partial charge is 0.221 e. The number of carbonyl (C=O) groups excluding carboxylic acids is 1. The van der Waals surface area contributed by atoms with Crippen molar-refractivity contribution in [3.8, 4) is 0 Å². The number of hydrogen-bond donors (Lipinski definition) is 3. The lowest BCUT2D eigenvalue weighted by Gasteiger charge is -2.30. The Hall–Kier alpha value is -2.04. The Morgan fingerprint density at radius 3 is 2.44 bits per heavy atom. The third kappa shape index (κ3) is 5.47. The van der Waals surface area contributed by atoms with Crippen LogP contribution in [0.15, 0.2) is 35.3 Å². The van der Waals surface area contributed by atoms with E-state index in [1.807, 2.05) is 0 Å². The fraction of sp³-hybridized carbons (Fsp3) is 0.636. The first-order valence-corrected chi connectivity index (χ1v) is 10.5. The summed E-state index contributed by atoms with van der Waals surface area (Å²) in [4.78, 5) is 16.4. The van der Waals surface area contributed by atoms with Gasteiger partial charge in [0.2, 0.25) is 5.91 Å². The number of benzene rings is 1. The van der Waals surface area contributed by atoms with E-state index in [2.05, 4.69) is 51.3 Å². The Bertz CT molecular complexity index is 616. The molecule has 0 saturated heterocycles. The first-order chi connectivity index (χ1) is 13.2. The number of hydrogen-bond acceptors (Lipinski definition) is 2. The molecular weight excluding hydrogens is 336 g/mol. The van der Waals surface area contributed by atoms with Crippen LogP contribution in [0.2, 0.25) is 0 Å². The average Bonchev–Trinajstić information content (AvgIpc) is 3.38. The van der Waals surface area contributed by atoms with Crippen molar-refractivity contribution in [1.29, 1.82) is 0 Å². The normalized spacial score (nSPS) is 19.8. The van der Waals surface area contributed by atoms with Crippen LogP contribution in [-0.2, 0) is 10.2 Å². The van der Waals surface area contributed by atoms with E-state index in [-0.39, 0.29) is 11.3 Å². The maximum Gasteiger partial charge on any atom is 0.221 e. The zero-order valence-corrected chi connectivity index (χ0v) is 16.6. The highest BCUT2D eigenvalue weighted by Gasteiger charge is 2.35. The molecule has 0 aromatic heterocycles. The molecule has 1 aromatic carbocycles. The molecule has 148 valence electrons. The lowest BCUT2D eigenvalue weighted by atomic mass is 9.79. The molecule has 2 saturated carbocycles. The minimum Gasteiger partial charge on any atom is -0.356 e. The summed E-state index contributed by atoms with van der Waals surface area (Å²) >= 11 is 0. The highest BCUT2D eigenvalue weighted by atomic mass is 16.1. The number of carbonyl (C=O) groups is 1. The van der Waals surface area contributed by atoms with Gasteiger partial charge < -0.3 is 16.0 Å². The number of amides is 1. The maximum absolute atomic E-state index is 12.1. The number of rotatable bonds is 7. The van der Waals surface area contributed by atoms with Gasteiger partial charge in [-0.05, 0) is 31.2 Å². The zero-order chi connectivity index (χ0) is 19.0. The topological polar surface area (TPSA) is 65.5 Å². The predicted molar refractivity (Wildman–Crippen MR) is 111 cm³/mol. The molecule has 0 bridgehead atoms. The minimum absolute atomic E-state index is 0.140. The maximum atomic E-state index is 12.1. The van der Waals surface area contributed by atoms with Gasteiger partial charge in [-0.2, -0.15) is 0 Å². The van der Waals surface area contributed by atoms with Crippen LogP contribution in [-0.4, -0.2) is 38.0 Å². The van der Waals surface area contributed by atoms with Gasteiger partial charge in [0.25, 0.3) is 0 Å². The van der Waals surface area contributed by atoms with E-state index in [4.69, 9.17) is 0 Å². The van der Waals surface area contributed by atoms with Crippen molar-refractivity contribution in [2.45, 2.75) is 69.2 Å². The first-order valence-electron chi connectivity index (χ1n) is 10.5. The summed E-state index contributed by atoms with van der Waals surface area (Å²) in [6, 6.07) is 11.2. The molecule has 0 atom stereocenters. The van der Waals surface area contributed by atoms with Gasteiger partial charge in [0, 0.05) is 38.0 Å². The molecule has 5 nitrogen and oxygen atoms in total. The summed E-state index contributed by atoms with van der Waals surface area (Å²) in [5.41, 5.74) is 1.61. The number of aliphatic imine (C=N–C) groups is 1. The van der Waals surface area contributed by atoms with Crippen molar-refractivity contribution in [1.82, 2.24) is 16.0 Å². The third-order valence-electron chi connectivity index (χ3n) is 6.13. The molecular formula is C22H34N4O. The average molecular weight is 371 g/mol. The molecule has 2 aliphatic rings. The van der Waals surface area contributed by atoms with Gasteiger partial charge in [0.05, 0.1) is 0 Å². The van der Waals surface area contributed by atoms with E-state index in [1.165, 1.54) is 44.1 Å². The summed E-state index contributed by atoms with van der Waals surface area (Å²) in [5, 5.41) is 9.94. The van der Waals surface area contributed by atoms with Crippen molar-refractivity contribution < 1.29 is 4.79 Å².